The molecule has 2 aromatic rings. The molecule has 0 spiro atoms. The van der Waals surface area contributed by atoms with Gasteiger partial charge in [-0.3, -0.25) is 4.68 Å². The molecule has 6 nitrogen and oxygen atoms in total. The van der Waals surface area contributed by atoms with Gasteiger partial charge in [0.15, 0.2) is 0 Å². The first kappa shape index (κ1) is 16.5. The van der Waals surface area contributed by atoms with Crippen molar-refractivity contribution in [3.8, 4) is 0 Å². The summed E-state index contributed by atoms with van der Waals surface area (Å²) in [7, 11) is 0. The number of halogens is 2. The highest BCUT2D eigenvalue weighted by Crippen LogP contribution is 2.30. The van der Waals surface area contributed by atoms with Gasteiger partial charge in [-0.05, 0) is 25.0 Å². The molecule has 0 aliphatic carbocycles. The lowest BCUT2D eigenvalue weighted by atomic mass is 10.1. The van der Waals surface area contributed by atoms with Crippen molar-refractivity contribution in [3.63, 3.8) is 0 Å². The normalized spacial score (nSPS) is 18.6. The second-order valence-corrected chi connectivity index (χ2v) is 5.85. The zero-order valence-electron chi connectivity index (χ0n) is 13.2. The molecule has 1 saturated heterocycles. The summed E-state index contributed by atoms with van der Waals surface area (Å²) in [4.78, 5) is 14.4. The Labute approximate surface area is 138 Å². The minimum atomic E-state index is -2.48. The van der Waals surface area contributed by atoms with E-state index < -0.39 is 13.0 Å². The van der Waals surface area contributed by atoms with E-state index in [2.05, 4.69) is 10.4 Å². The monoisotopic (exact) mass is 338 g/mol. The third-order valence-electron chi connectivity index (χ3n) is 4.09. The summed E-state index contributed by atoms with van der Waals surface area (Å²) in [5.74, 6) is 0.764. The van der Waals surface area contributed by atoms with Gasteiger partial charge in [0.1, 0.15) is 12.3 Å². The number of furan rings is 1. The van der Waals surface area contributed by atoms with E-state index in [1.807, 2.05) is 12.1 Å². The van der Waals surface area contributed by atoms with Crippen LogP contribution in [0.5, 0.6) is 0 Å². The van der Waals surface area contributed by atoms with Crippen molar-refractivity contribution in [2.75, 3.05) is 11.9 Å². The molecule has 130 valence electrons. The van der Waals surface area contributed by atoms with Crippen LogP contribution >= 0.6 is 0 Å². The topological polar surface area (TPSA) is 63.3 Å². The first-order chi connectivity index (χ1) is 11.6. The zero-order chi connectivity index (χ0) is 16.9. The molecule has 0 radical (unpaired) electrons. The van der Waals surface area contributed by atoms with Gasteiger partial charge in [-0.2, -0.15) is 5.10 Å². The Morgan fingerprint density at radius 1 is 1.42 bits per heavy atom. The number of anilines is 1. The molecule has 1 N–H and O–H groups in total. The highest BCUT2D eigenvalue weighted by atomic mass is 19.3. The van der Waals surface area contributed by atoms with Crippen molar-refractivity contribution in [2.24, 2.45) is 0 Å². The first-order valence-corrected chi connectivity index (χ1v) is 8.05. The van der Waals surface area contributed by atoms with Crippen LogP contribution in [0.1, 0.15) is 37.5 Å². The lowest BCUT2D eigenvalue weighted by Gasteiger charge is -2.28. The lowest BCUT2D eigenvalue weighted by Crippen LogP contribution is -2.37. The number of carbonyl (C=O) groups is 1. The molecule has 3 heterocycles. The summed E-state index contributed by atoms with van der Waals surface area (Å²) in [5.41, 5.74) is 0.406. The van der Waals surface area contributed by atoms with E-state index in [1.165, 1.54) is 12.4 Å². The fourth-order valence-corrected chi connectivity index (χ4v) is 2.99. The van der Waals surface area contributed by atoms with Gasteiger partial charge in [0, 0.05) is 12.7 Å². The highest BCUT2D eigenvalue weighted by Gasteiger charge is 2.28. The Morgan fingerprint density at radius 2 is 2.29 bits per heavy atom. The summed E-state index contributed by atoms with van der Waals surface area (Å²) < 4.78 is 31.3. The van der Waals surface area contributed by atoms with E-state index in [0.717, 1.165) is 36.1 Å². The molecule has 2 aromatic heterocycles. The molecule has 1 aliphatic rings. The number of alkyl halides is 2. The number of rotatable bonds is 4. The minimum absolute atomic E-state index is 0.112. The number of likely N-dealkylation sites (tertiary alicyclic amines) is 1. The van der Waals surface area contributed by atoms with E-state index in [0.29, 0.717) is 12.2 Å². The van der Waals surface area contributed by atoms with Crippen LogP contribution in [0.25, 0.3) is 0 Å². The predicted octanol–water partition coefficient (Wildman–Crippen LogP) is 3.89. The largest absolute Gasteiger partial charge is 0.467 e. The van der Waals surface area contributed by atoms with Gasteiger partial charge in [-0.1, -0.05) is 12.8 Å². The van der Waals surface area contributed by atoms with Crippen molar-refractivity contribution in [2.45, 2.75) is 44.7 Å². The molecule has 2 amide bonds. The third-order valence-corrected chi connectivity index (χ3v) is 4.09. The molecule has 3 rings (SSSR count). The quantitative estimate of drug-likeness (QED) is 0.920. The molecule has 1 aliphatic heterocycles. The SMILES string of the molecule is O=C(Nc1cnn(CC(F)F)c1)N1CCCCC[C@@H]1c1ccco1. The van der Waals surface area contributed by atoms with Gasteiger partial charge in [-0.25, -0.2) is 13.6 Å². The number of aromatic nitrogens is 2. The Kier molecular flexibility index (Phi) is 5.12. The van der Waals surface area contributed by atoms with Crippen LogP contribution in [-0.4, -0.2) is 33.7 Å². The maximum atomic E-state index is 12.6. The van der Waals surface area contributed by atoms with Crippen LogP contribution in [0.4, 0.5) is 19.3 Å². The number of hydrogen-bond donors (Lipinski definition) is 1. The number of carbonyl (C=O) groups excluding carboxylic acids is 1. The first-order valence-electron chi connectivity index (χ1n) is 8.05. The summed E-state index contributed by atoms with van der Waals surface area (Å²) in [6.45, 7) is 0.136. The van der Waals surface area contributed by atoms with E-state index in [4.69, 9.17) is 4.42 Å². The number of urea groups is 1. The standard InChI is InChI=1S/C16H20F2N4O2/c17-15(18)11-21-10-12(9-19-21)20-16(23)22-7-3-1-2-5-13(22)14-6-4-8-24-14/h4,6,8-10,13,15H,1-3,5,7,11H2,(H,20,23)/t13-/m1/s1. The predicted molar refractivity (Wildman–Crippen MR) is 83.9 cm³/mol. The fraction of sp³-hybridized carbons (Fsp3) is 0.500. The Hall–Kier alpha value is -2.38. The van der Waals surface area contributed by atoms with Gasteiger partial charge in [0.2, 0.25) is 0 Å². The summed E-state index contributed by atoms with van der Waals surface area (Å²) in [6, 6.07) is 3.30. The molecule has 0 saturated carbocycles. The van der Waals surface area contributed by atoms with Gasteiger partial charge in [0.05, 0.1) is 24.2 Å². The van der Waals surface area contributed by atoms with Crippen LogP contribution < -0.4 is 5.32 Å². The van der Waals surface area contributed by atoms with Gasteiger partial charge >= 0.3 is 6.03 Å². The van der Waals surface area contributed by atoms with E-state index in [-0.39, 0.29) is 12.1 Å². The van der Waals surface area contributed by atoms with E-state index in [1.54, 1.807) is 11.2 Å². The lowest BCUT2D eigenvalue weighted by molar-refractivity contribution is 0.122. The fourth-order valence-electron chi connectivity index (χ4n) is 2.99. The van der Waals surface area contributed by atoms with Crippen molar-refractivity contribution >= 4 is 11.7 Å². The molecule has 0 aromatic carbocycles. The van der Waals surface area contributed by atoms with Gasteiger partial charge in [-0.15, -0.1) is 0 Å². The maximum Gasteiger partial charge on any atom is 0.322 e. The zero-order valence-corrected chi connectivity index (χ0v) is 13.2. The third kappa shape index (κ3) is 3.93. The van der Waals surface area contributed by atoms with Crippen molar-refractivity contribution in [1.82, 2.24) is 14.7 Å². The average molecular weight is 338 g/mol. The summed E-state index contributed by atoms with van der Waals surface area (Å²) in [5, 5.41) is 6.57. The molecule has 24 heavy (non-hydrogen) atoms. The smallest absolute Gasteiger partial charge is 0.322 e. The maximum absolute atomic E-state index is 12.6. The van der Waals surface area contributed by atoms with E-state index >= 15 is 0 Å². The molecule has 0 bridgehead atoms. The molecule has 0 unspecified atom stereocenters. The number of nitrogens with zero attached hydrogens (tertiary/aromatic N) is 3. The Morgan fingerprint density at radius 3 is 3.04 bits per heavy atom. The van der Waals surface area contributed by atoms with Crippen LogP contribution in [0.3, 0.4) is 0 Å². The molecular formula is C16H20F2N4O2. The molecule has 1 atom stereocenters. The highest BCUT2D eigenvalue weighted by molar-refractivity contribution is 5.89. The van der Waals surface area contributed by atoms with Crippen LogP contribution in [0.2, 0.25) is 0 Å². The average Bonchev–Trinajstić information content (AvgIpc) is 3.14. The molecule has 8 heteroatoms. The van der Waals surface area contributed by atoms with Crippen LogP contribution in [-0.2, 0) is 6.54 Å². The second kappa shape index (κ2) is 7.46. The van der Waals surface area contributed by atoms with Crippen molar-refractivity contribution in [1.29, 1.82) is 0 Å². The van der Waals surface area contributed by atoms with Crippen LogP contribution in [0, 0.1) is 0 Å². The number of hydrogen-bond acceptors (Lipinski definition) is 3. The number of amides is 2. The second-order valence-electron chi connectivity index (χ2n) is 5.85. The van der Waals surface area contributed by atoms with Crippen molar-refractivity contribution in [3.05, 3.63) is 36.5 Å². The summed E-state index contributed by atoms with van der Waals surface area (Å²) >= 11 is 0. The van der Waals surface area contributed by atoms with Gasteiger partial charge in [0.25, 0.3) is 6.43 Å². The molecule has 1 fully saturated rings. The molecular weight excluding hydrogens is 318 g/mol. The van der Waals surface area contributed by atoms with Crippen LogP contribution in [0.15, 0.2) is 35.2 Å². The van der Waals surface area contributed by atoms with Gasteiger partial charge < -0.3 is 14.6 Å². The minimum Gasteiger partial charge on any atom is -0.467 e. The number of nitrogens with one attached hydrogen (secondary N) is 1. The van der Waals surface area contributed by atoms with Crippen molar-refractivity contribution < 1.29 is 18.0 Å². The summed E-state index contributed by atoms with van der Waals surface area (Å²) in [6.07, 6.45) is 5.76. The van der Waals surface area contributed by atoms with E-state index in [9.17, 15) is 13.6 Å². The Balaban J connectivity index is 1.70. The Bertz CT molecular complexity index is 657.